The SMILES string of the molecule is CS(=O)(=O)c1ccc(-c2nc3cc(Cl)ccc3n2CC(=O)N/N=C/c2ccc(Cl)cc2)cc1. The zero-order chi connectivity index (χ0) is 23.6. The van der Waals surface area contributed by atoms with E-state index in [9.17, 15) is 13.2 Å². The lowest BCUT2D eigenvalue weighted by atomic mass is 10.2. The van der Waals surface area contributed by atoms with Gasteiger partial charge in [0, 0.05) is 21.9 Å². The third kappa shape index (κ3) is 5.42. The zero-order valence-electron chi connectivity index (χ0n) is 17.4. The van der Waals surface area contributed by atoms with Crippen LogP contribution < -0.4 is 5.43 Å². The van der Waals surface area contributed by atoms with Crippen molar-refractivity contribution in [3.63, 3.8) is 0 Å². The minimum absolute atomic E-state index is 0.0563. The molecule has 4 aromatic rings. The highest BCUT2D eigenvalue weighted by Crippen LogP contribution is 2.27. The van der Waals surface area contributed by atoms with E-state index in [1.165, 1.54) is 18.3 Å². The van der Waals surface area contributed by atoms with Gasteiger partial charge in [-0.2, -0.15) is 5.10 Å². The topological polar surface area (TPSA) is 93.4 Å². The summed E-state index contributed by atoms with van der Waals surface area (Å²) in [7, 11) is -3.33. The van der Waals surface area contributed by atoms with Crippen LogP contribution in [0.25, 0.3) is 22.4 Å². The van der Waals surface area contributed by atoms with Crippen LogP contribution in [0.4, 0.5) is 0 Å². The summed E-state index contributed by atoms with van der Waals surface area (Å²) in [4.78, 5) is 17.5. The Kier molecular flexibility index (Phi) is 6.51. The molecule has 33 heavy (non-hydrogen) atoms. The van der Waals surface area contributed by atoms with Crippen molar-refractivity contribution in [2.24, 2.45) is 5.10 Å². The third-order valence-corrected chi connectivity index (χ3v) is 6.44. The maximum atomic E-state index is 12.6. The molecule has 0 atom stereocenters. The smallest absolute Gasteiger partial charge is 0.260 e. The van der Waals surface area contributed by atoms with Crippen LogP contribution >= 0.6 is 23.2 Å². The molecule has 1 amide bonds. The number of fused-ring (bicyclic) bond motifs is 1. The van der Waals surface area contributed by atoms with Gasteiger partial charge in [-0.25, -0.2) is 18.8 Å². The van der Waals surface area contributed by atoms with E-state index in [1.54, 1.807) is 59.2 Å². The number of aromatic nitrogens is 2. The van der Waals surface area contributed by atoms with Crippen LogP contribution in [0, 0.1) is 0 Å². The molecule has 168 valence electrons. The van der Waals surface area contributed by atoms with Gasteiger partial charge in [0.2, 0.25) is 0 Å². The highest BCUT2D eigenvalue weighted by molar-refractivity contribution is 7.90. The molecule has 0 aliphatic heterocycles. The number of sulfone groups is 1. The predicted molar refractivity (Wildman–Crippen MR) is 130 cm³/mol. The molecular formula is C23H18Cl2N4O3S. The van der Waals surface area contributed by atoms with Gasteiger partial charge < -0.3 is 4.57 Å². The Morgan fingerprint density at radius 3 is 2.36 bits per heavy atom. The maximum Gasteiger partial charge on any atom is 0.260 e. The molecule has 7 nitrogen and oxygen atoms in total. The van der Waals surface area contributed by atoms with Crippen LogP contribution in [0.2, 0.25) is 10.0 Å². The van der Waals surface area contributed by atoms with Crippen molar-refractivity contribution < 1.29 is 13.2 Å². The van der Waals surface area contributed by atoms with E-state index >= 15 is 0 Å². The molecule has 1 aromatic heterocycles. The van der Waals surface area contributed by atoms with Crippen LogP contribution in [0.5, 0.6) is 0 Å². The molecule has 3 aromatic carbocycles. The summed E-state index contributed by atoms with van der Waals surface area (Å²) < 4.78 is 25.3. The number of benzene rings is 3. The molecule has 1 heterocycles. The molecular weight excluding hydrogens is 483 g/mol. The first-order chi connectivity index (χ1) is 15.7. The van der Waals surface area contributed by atoms with Gasteiger partial charge in [0.25, 0.3) is 5.91 Å². The van der Waals surface area contributed by atoms with Gasteiger partial charge in [0.15, 0.2) is 9.84 Å². The lowest BCUT2D eigenvalue weighted by Crippen LogP contribution is -2.23. The zero-order valence-corrected chi connectivity index (χ0v) is 19.7. The second-order valence-electron chi connectivity index (χ2n) is 7.30. The van der Waals surface area contributed by atoms with Gasteiger partial charge in [-0.1, -0.05) is 35.3 Å². The summed E-state index contributed by atoms with van der Waals surface area (Å²) in [5, 5.41) is 5.13. The number of halogens is 2. The minimum atomic E-state index is -3.33. The number of rotatable bonds is 6. The summed E-state index contributed by atoms with van der Waals surface area (Å²) in [6.07, 6.45) is 2.67. The van der Waals surface area contributed by atoms with Gasteiger partial charge in [-0.05, 0) is 60.2 Å². The van der Waals surface area contributed by atoms with Gasteiger partial charge in [0.05, 0.1) is 22.1 Å². The number of hydrogen-bond donors (Lipinski definition) is 1. The number of carbonyl (C=O) groups is 1. The molecule has 0 unspecified atom stereocenters. The Labute approximate surface area is 200 Å². The number of carbonyl (C=O) groups excluding carboxylic acids is 1. The fourth-order valence-electron chi connectivity index (χ4n) is 3.24. The molecule has 0 aliphatic carbocycles. The number of hydrazone groups is 1. The average molecular weight is 501 g/mol. The fourth-order valence-corrected chi connectivity index (χ4v) is 4.16. The molecule has 1 N–H and O–H groups in total. The van der Waals surface area contributed by atoms with E-state index in [0.717, 1.165) is 11.8 Å². The van der Waals surface area contributed by atoms with Crippen molar-refractivity contribution in [3.8, 4) is 11.4 Å². The summed E-state index contributed by atoms with van der Waals surface area (Å²) in [6.45, 7) is -0.0563. The second kappa shape index (κ2) is 9.35. The van der Waals surface area contributed by atoms with Crippen LogP contribution in [0.3, 0.4) is 0 Å². The lowest BCUT2D eigenvalue weighted by molar-refractivity contribution is -0.121. The fraction of sp³-hybridized carbons (Fsp3) is 0.0870. The van der Waals surface area contributed by atoms with Gasteiger partial charge >= 0.3 is 0 Å². The van der Waals surface area contributed by atoms with Crippen molar-refractivity contribution >= 4 is 56.2 Å². The number of hydrogen-bond acceptors (Lipinski definition) is 5. The number of amides is 1. The Bertz CT molecular complexity index is 1460. The van der Waals surface area contributed by atoms with Crippen LogP contribution in [0.1, 0.15) is 5.56 Å². The first kappa shape index (κ1) is 23.0. The molecule has 0 aliphatic rings. The molecule has 0 radical (unpaired) electrons. The van der Waals surface area contributed by atoms with Crippen LogP contribution in [0.15, 0.2) is 76.7 Å². The van der Waals surface area contributed by atoms with E-state index < -0.39 is 9.84 Å². The second-order valence-corrected chi connectivity index (χ2v) is 10.2. The van der Waals surface area contributed by atoms with E-state index in [-0.39, 0.29) is 17.3 Å². The first-order valence-electron chi connectivity index (χ1n) is 9.74. The largest absolute Gasteiger partial charge is 0.314 e. The monoisotopic (exact) mass is 500 g/mol. The maximum absolute atomic E-state index is 12.6. The standard InChI is InChI=1S/C23H18Cl2N4O3S/c1-33(31,32)19-9-4-16(5-10-19)23-27-20-12-18(25)8-11-21(20)29(23)14-22(30)28-26-13-15-2-6-17(24)7-3-15/h2-13H,14H2,1H3,(H,28,30)/b26-13+. The minimum Gasteiger partial charge on any atom is -0.314 e. The molecule has 0 saturated carbocycles. The lowest BCUT2D eigenvalue weighted by Gasteiger charge is -2.09. The quantitative estimate of drug-likeness (QED) is 0.310. The van der Waals surface area contributed by atoms with E-state index in [2.05, 4.69) is 15.5 Å². The average Bonchev–Trinajstić information content (AvgIpc) is 3.12. The van der Waals surface area contributed by atoms with E-state index in [4.69, 9.17) is 23.2 Å². The van der Waals surface area contributed by atoms with Crippen LogP contribution in [-0.4, -0.2) is 36.3 Å². The molecule has 0 saturated heterocycles. The summed E-state index contributed by atoms with van der Waals surface area (Å²) in [5.74, 6) is 0.146. The number of nitrogens with one attached hydrogen (secondary N) is 1. The summed E-state index contributed by atoms with van der Waals surface area (Å²) in [5.41, 5.74) is 5.28. The van der Waals surface area contributed by atoms with Gasteiger partial charge in [0.1, 0.15) is 12.4 Å². The predicted octanol–water partition coefficient (Wildman–Crippen LogP) is 4.56. The van der Waals surface area contributed by atoms with Crippen molar-refractivity contribution in [1.29, 1.82) is 0 Å². The van der Waals surface area contributed by atoms with Crippen molar-refractivity contribution in [3.05, 3.63) is 82.3 Å². The Hall–Kier alpha value is -3.20. The Balaban J connectivity index is 1.63. The highest BCUT2D eigenvalue weighted by Gasteiger charge is 2.16. The summed E-state index contributed by atoms with van der Waals surface area (Å²) in [6, 6.07) is 18.6. The third-order valence-electron chi connectivity index (χ3n) is 4.83. The molecule has 0 spiro atoms. The number of imidazole rings is 1. The van der Waals surface area contributed by atoms with E-state index in [1.807, 2.05) is 0 Å². The molecule has 0 fully saturated rings. The molecule has 0 bridgehead atoms. The van der Waals surface area contributed by atoms with Gasteiger partial charge in [-0.15, -0.1) is 0 Å². The van der Waals surface area contributed by atoms with E-state index in [0.29, 0.717) is 32.5 Å². The summed E-state index contributed by atoms with van der Waals surface area (Å²) >= 11 is 12.0. The normalized spacial score (nSPS) is 11.8. The Morgan fingerprint density at radius 1 is 1.03 bits per heavy atom. The highest BCUT2D eigenvalue weighted by atomic mass is 35.5. The Morgan fingerprint density at radius 2 is 1.70 bits per heavy atom. The van der Waals surface area contributed by atoms with Crippen LogP contribution in [-0.2, 0) is 21.2 Å². The first-order valence-corrected chi connectivity index (χ1v) is 12.4. The molecule has 10 heteroatoms. The van der Waals surface area contributed by atoms with Gasteiger partial charge in [-0.3, -0.25) is 4.79 Å². The van der Waals surface area contributed by atoms with Crippen molar-refractivity contribution in [2.75, 3.05) is 6.26 Å². The van der Waals surface area contributed by atoms with Crippen molar-refractivity contribution in [2.45, 2.75) is 11.4 Å². The molecule has 4 rings (SSSR count). The van der Waals surface area contributed by atoms with Crippen molar-refractivity contribution in [1.82, 2.24) is 15.0 Å². The number of nitrogens with zero attached hydrogens (tertiary/aromatic N) is 3.